The van der Waals surface area contributed by atoms with Gasteiger partial charge in [0.25, 0.3) is 0 Å². The van der Waals surface area contributed by atoms with E-state index >= 15 is 0 Å². The van der Waals surface area contributed by atoms with Crippen LogP contribution in [0.2, 0.25) is 0 Å². The fourth-order valence-corrected chi connectivity index (χ4v) is 5.73. The Morgan fingerprint density at radius 3 is 2.62 bits per heavy atom. The quantitative estimate of drug-likeness (QED) is 0.220. The minimum atomic E-state index is -0.900. The molecule has 1 saturated carbocycles. The number of carboxylic acids is 1. The van der Waals surface area contributed by atoms with E-state index < -0.39 is 18.7 Å². The van der Waals surface area contributed by atoms with Crippen LogP contribution in [0, 0.1) is 5.92 Å². The molecule has 0 aliphatic heterocycles. The highest BCUT2D eigenvalue weighted by Crippen LogP contribution is 2.39. The van der Waals surface area contributed by atoms with Crippen LogP contribution in [0.5, 0.6) is 11.5 Å². The van der Waals surface area contributed by atoms with Gasteiger partial charge in [-0.05, 0) is 54.8 Å². The molecule has 204 valence electrons. The van der Waals surface area contributed by atoms with E-state index in [0.717, 1.165) is 58.3 Å². The van der Waals surface area contributed by atoms with Crippen LogP contribution in [-0.4, -0.2) is 32.5 Å². The number of benzene rings is 3. The first-order valence-electron chi connectivity index (χ1n) is 13.6. The molecule has 1 N–H and O–H groups in total. The Kier molecular flexibility index (Phi) is 7.31. The van der Waals surface area contributed by atoms with Gasteiger partial charge in [0.2, 0.25) is 6.86 Å². The zero-order valence-corrected chi connectivity index (χ0v) is 22.0. The van der Waals surface area contributed by atoms with Gasteiger partial charge in [0, 0.05) is 23.9 Å². The molecule has 1 aliphatic carbocycles. The number of alkyl halides is 1. The molecule has 7 nitrogen and oxygen atoms in total. The van der Waals surface area contributed by atoms with Gasteiger partial charge in [0.1, 0.15) is 23.9 Å². The molecule has 2 atom stereocenters. The van der Waals surface area contributed by atoms with E-state index in [1.807, 2.05) is 66.7 Å². The fraction of sp³-hybridized carbons (Fsp3) is 0.281. The van der Waals surface area contributed by atoms with Crippen LogP contribution < -0.4 is 9.47 Å². The average Bonchev–Trinajstić information content (AvgIpc) is 3.33. The highest BCUT2D eigenvalue weighted by molar-refractivity contribution is 5.79. The standard InChI is InChI=1S/C32H30FN3O4/c33-20-40-24-8-5-6-21(16-24)18-36-30-15-14-25(39-19-23-13-12-22-7-1-4-11-28(22)34-23)17-29(30)35-31(36)26-9-2-3-10-27(26)32(37)38/h1,4-8,11-17,26-27H,2-3,9-10,18-20H2,(H,37,38)/t26-,27+/m1/s1. The van der Waals surface area contributed by atoms with Crippen molar-refractivity contribution in [2.75, 3.05) is 6.86 Å². The van der Waals surface area contributed by atoms with Crippen molar-refractivity contribution in [1.82, 2.24) is 14.5 Å². The molecule has 0 amide bonds. The summed E-state index contributed by atoms with van der Waals surface area (Å²) >= 11 is 0. The second-order valence-electron chi connectivity index (χ2n) is 10.2. The number of fused-ring (bicyclic) bond motifs is 2. The van der Waals surface area contributed by atoms with Gasteiger partial charge in [-0.1, -0.05) is 49.2 Å². The van der Waals surface area contributed by atoms with Gasteiger partial charge in [-0.3, -0.25) is 4.79 Å². The highest BCUT2D eigenvalue weighted by atomic mass is 19.1. The summed E-state index contributed by atoms with van der Waals surface area (Å²) < 4.78 is 26.0. The number of pyridine rings is 1. The fourth-order valence-electron chi connectivity index (χ4n) is 5.73. The maximum absolute atomic E-state index is 12.8. The summed E-state index contributed by atoms with van der Waals surface area (Å²) in [6, 6.07) is 25.0. The van der Waals surface area contributed by atoms with Gasteiger partial charge in [-0.2, -0.15) is 0 Å². The maximum Gasteiger partial charge on any atom is 0.307 e. The number of carbonyl (C=O) groups is 1. The van der Waals surface area contributed by atoms with Crippen molar-refractivity contribution in [2.24, 2.45) is 5.92 Å². The molecule has 0 bridgehead atoms. The van der Waals surface area contributed by atoms with Crippen LogP contribution in [0.3, 0.4) is 0 Å². The number of halogens is 1. The summed E-state index contributed by atoms with van der Waals surface area (Å²) in [5.74, 6) is 0.400. The largest absolute Gasteiger partial charge is 0.487 e. The molecule has 2 heterocycles. The van der Waals surface area contributed by atoms with Crippen LogP contribution in [-0.2, 0) is 17.9 Å². The smallest absolute Gasteiger partial charge is 0.307 e. The third-order valence-electron chi connectivity index (χ3n) is 7.67. The molecule has 1 fully saturated rings. The Morgan fingerprint density at radius 1 is 0.900 bits per heavy atom. The first-order valence-corrected chi connectivity index (χ1v) is 13.6. The Hall–Kier alpha value is -4.46. The van der Waals surface area contributed by atoms with E-state index in [1.54, 1.807) is 12.1 Å². The summed E-state index contributed by atoms with van der Waals surface area (Å²) in [5, 5.41) is 11.1. The number of aliphatic carboxylic acids is 1. The molecule has 0 radical (unpaired) electrons. The van der Waals surface area contributed by atoms with Crippen LogP contribution in [0.1, 0.15) is 48.7 Å². The number of hydrogen-bond donors (Lipinski definition) is 1. The van der Waals surface area contributed by atoms with Crippen LogP contribution >= 0.6 is 0 Å². The second kappa shape index (κ2) is 11.3. The van der Waals surface area contributed by atoms with Gasteiger partial charge in [0.05, 0.1) is 28.2 Å². The molecule has 1 aliphatic rings. The third-order valence-corrected chi connectivity index (χ3v) is 7.67. The lowest BCUT2D eigenvalue weighted by Gasteiger charge is -2.28. The maximum atomic E-state index is 12.8. The SMILES string of the molecule is O=C(O)[C@H]1CCCC[C@H]1c1nc2cc(OCc3ccc4ccccc4n3)ccc2n1Cc1cccc(OCF)c1. The van der Waals surface area contributed by atoms with Crippen LogP contribution in [0.15, 0.2) is 78.9 Å². The van der Waals surface area contributed by atoms with E-state index in [-0.39, 0.29) is 5.92 Å². The monoisotopic (exact) mass is 539 g/mol. The number of rotatable bonds is 9. The molecule has 8 heteroatoms. The van der Waals surface area contributed by atoms with Crippen molar-refractivity contribution >= 4 is 27.9 Å². The first kappa shape index (κ1) is 25.8. The molecule has 5 aromatic rings. The molecule has 2 aromatic heterocycles. The molecular formula is C32H30FN3O4. The number of nitrogens with zero attached hydrogens (tertiary/aromatic N) is 3. The van der Waals surface area contributed by atoms with Crippen molar-refractivity contribution in [3.05, 3.63) is 95.9 Å². The minimum absolute atomic E-state index is 0.199. The lowest BCUT2D eigenvalue weighted by Crippen LogP contribution is -2.27. The van der Waals surface area contributed by atoms with Crippen LogP contribution in [0.4, 0.5) is 4.39 Å². The van der Waals surface area contributed by atoms with Gasteiger partial charge in [-0.15, -0.1) is 0 Å². The number of carboxylic acid groups (broad SMARTS) is 1. The lowest BCUT2D eigenvalue weighted by molar-refractivity contribution is -0.143. The summed E-state index contributed by atoms with van der Waals surface area (Å²) in [6.45, 7) is -0.128. The van der Waals surface area contributed by atoms with Crippen molar-refractivity contribution in [3.8, 4) is 11.5 Å². The predicted molar refractivity (Wildman–Crippen MR) is 150 cm³/mol. The van der Waals surface area contributed by atoms with Crippen molar-refractivity contribution < 1.29 is 23.8 Å². The number of imidazole rings is 1. The van der Waals surface area contributed by atoms with Crippen molar-refractivity contribution in [2.45, 2.75) is 44.8 Å². The molecule has 0 saturated heterocycles. The molecular weight excluding hydrogens is 509 g/mol. The molecule has 40 heavy (non-hydrogen) atoms. The lowest BCUT2D eigenvalue weighted by atomic mass is 9.78. The second-order valence-corrected chi connectivity index (χ2v) is 10.2. The summed E-state index contributed by atoms with van der Waals surface area (Å²) in [6.07, 6.45) is 3.26. The van der Waals surface area contributed by atoms with E-state index in [0.29, 0.717) is 31.1 Å². The summed E-state index contributed by atoms with van der Waals surface area (Å²) in [4.78, 5) is 21.9. The Bertz CT molecular complexity index is 1670. The third kappa shape index (κ3) is 5.34. The average molecular weight is 540 g/mol. The molecule has 3 aromatic carbocycles. The zero-order valence-electron chi connectivity index (χ0n) is 22.0. The van der Waals surface area contributed by atoms with Crippen molar-refractivity contribution in [1.29, 1.82) is 0 Å². The van der Waals surface area contributed by atoms with E-state index in [1.165, 1.54) is 0 Å². The summed E-state index contributed by atoms with van der Waals surface area (Å²) in [5.41, 5.74) is 4.29. The number of para-hydroxylation sites is 1. The summed E-state index contributed by atoms with van der Waals surface area (Å²) in [7, 11) is 0. The molecule has 6 rings (SSSR count). The van der Waals surface area contributed by atoms with Gasteiger partial charge in [-0.25, -0.2) is 14.4 Å². The Morgan fingerprint density at radius 2 is 1.75 bits per heavy atom. The Labute approximate surface area is 231 Å². The van der Waals surface area contributed by atoms with Crippen LogP contribution in [0.25, 0.3) is 21.9 Å². The van der Waals surface area contributed by atoms with E-state index in [2.05, 4.69) is 9.55 Å². The topological polar surface area (TPSA) is 86.5 Å². The predicted octanol–water partition coefficient (Wildman–Crippen LogP) is 6.88. The normalized spacial score (nSPS) is 17.2. The zero-order chi connectivity index (χ0) is 27.5. The molecule has 0 spiro atoms. The number of aromatic nitrogens is 3. The van der Waals surface area contributed by atoms with Gasteiger partial charge < -0.3 is 19.1 Å². The van der Waals surface area contributed by atoms with E-state index in [9.17, 15) is 14.3 Å². The minimum Gasteiger partial charge on any atom is -0.487 e. The number of hydrogen-bond acceptors (Lipinski definition) is 5. The number of ether oxygens (including phenoxy) is 2. The Balaban J connectivity index is 1.33. The van der Waals surface area contributed by atoms with E-state index in [4.69, 9.17) is 14.5 Å². The highest BCUT2D eigenvalue weighted by Gasteiger charge is 2.35. The van der Waals surface area contributed by atoms with Crippen molar-refractivity contribution in [3.63, 3.8) is 0 Å². The van der Waals surface area contributed by atoms with Gasteiger partial charge >= 0.3 is 5.97 Å². The van der Waals surface area contributed by atoms with Gasteiger partial charge in [0.15, 0.2) is 0 Å². The molecule has 0 unspecified atom stereocenters. The first-order chi connectivity index (χ1) is 19.6.